The lowest BCUT2D eigenvalue weighted by molar-refractivity contribution is 0.513. The van der Waals surface area contributed by atoms with E-state index in [9.17, 15) is 0 Å². The van der Waals surface area contributed by atoms with Crippen LogP contribution in [0.25, 0.3) is 0 Å². The van der Waals surface area contributed by atoms with Crippen molar-refractivity contribution in [1.29, 1.82) is 0 Å². The van der Waals surface area contributed by atoms with Crippen molar-refractivity contribution < 1.29 is 0 Å². The van der Waals surface area contributed by atoms with Crippen LogP contribution in [-0.4, -0.2) is 15.8 Å². The highest BCUT2D eigenvalue weighted by Gasteiger charge is 2.42. The number of aryl methyl sites for hydroxylation is 1. The highest BCUT2D eigenvalue weighted by Crippen LogP contribution is 2.46. The number of anilines is 2. The molecular formula is C14H24N4. The van der Waals surface area contributed by atoms with Crippen LogP contribution < -0.4 is 11.1 Å². The molecule has 100 valence electrons. The topological polar surface area (TPSA) is 55.9 Å². The Hall–Kier alpha value is -1.19. The lowest BCUT2D eigenvalue weighted by Gasteiger charge is -2.21. The summed E-state index contributed by atoms with van der Waals surface area (Å²) in [4.78, 5) is 0. The van der Waals surface area contributed by atoms with Crippen molar-refractivity contribution in [2.24, 2.45) is 11.8 Å². The van der Waals surface area contributed by atoms with E-state index in [2.05, 4.69) is 24.3 Å². The van der Waals surface area contributed by atoms with Gasteiger partial charge in [-0.15, -0.1) is 0 Å². The molecule has 0 atom stereocenters. The summed E-state index contributed by atoms with van der Waals surface area (Å²) < 4.78 is 2.04. The van der Waals surface area contributed by atoms with Crippen LogP contribution in [0.5, 0.6) is 0 Å². The van der Waals surface area contributed by atoms with Gasteiger partial charge in [-0.3, -0.25) is 0 Å². The minimum Gasteiger partial charge on any atom is -0.394 e. The van der Waals surface area contributed by atoms with Crippen LogP contribution in [0.3, 0.4) is 0 Å². The SMILES string of the molecule is Cc1nn(C(C)C)c(NC(C2CC2)C2CC2)c1N. The highest BCUT2D eigenvalue weighted by atomic mass is 15.4. The molecule has 0 bridgehead atoms. The van der Waals surface area contributed by atoms with E-state index in [4.69, 9.17) is 5.73 Å². The quantitative estimate of drug-likeness (QED) is 0.842. The number of hydrogen-bond acceptors (Lipinski definition) is 3. The molecule has 0 amide bonds. The van der Waals surface area contributed by atoms with Crippen molar-refractivity contribution in [3.05, 3.63) is 5.69 Å². The van der Waals surface area contributed by atoms with E-state index in [-0.39, 0.29) is 0 Å². The Bertz CT molecular complexity index is 429. The average molecular weight is 248 g/mol. The van der Waals surface area contributed by atoms with Gasteiger partial charge in [0.1, 0.15) is 5.82 Å². The molecule has 18 heavy (non-hydrogen) atoms. The molecule has 3 N–H and O–H groups in total. The number of nitrogens with two attached hydrogens (primary N) is 1. The zero-order chi connectivity index (χ0) is 12.9. The van der Waals surface area contributed by atoms with Gasteiger partial charge in [0.05, 0.1) is 11.4 Å². The molecule has 2 aliphatic rings. The maximum atomic E-state index is 6.18. The second-order valence-electron chi connectivity index (χ2n) is 6.23. The second-order valence-corrected chi connectivity index (χ2v) is 6.23. The van der Waals surface area contributed by atoms with Gasteiger partial charge in [0.15, 0.2) is 0 Å². The molecule has 4 heteroatoms. The summed E-state index contributed by atoms with van der Waals surface area (Å²) in [5.41, 5.74) is 7.95. The molecule has 0 unspecified atom stereocenters. The maximum Gasteiger partial charge on any atom is 0.148 e. The third kappa shape index (κ3) is 2.08. The first-order chi connectivity index (χ1) is 8.58. The zero-order valence-corrected chi connectivity index (χ0v) is 11.6. The first-order valence-corrected chi connectivity index (χ1v) is 7.19. The fourth-order valence-electron chi connectivity index (χ4n) is 2.77. The van der Waals surface area contributed by atoms with E-state index in [1.54, 1.807) is 0 Å². The predicted molar refractivity (Wildman–Crippen MR) is 74.6 cm³/mol. The third-order valence-corrected chi connectivity index (χ3v) is 4.18. The molecule has 0 spiro atoms. The first-order valence-electron chi connectivity index (χ1n) is 7.19. The highest BCUT2D eigenvalue weighted by molar-refractivity contribution is 5.65. The van der Waals surface area contributed by atoms with Gasteiger partial charge in [-0.05, 0) is 58.3 Å². The van der Waals surface area contributed by atoms with Gasteiger partial charge < -0.3 is 11.1 Å². The van der Waals surface area contributed by atoms with Crippen molar-refractivity contribution in [2.45, 2.75) is 58.5 Å². The van der Waals surface area contributed by atoms with E-state index in [0.717, 1.165) is 29.0 Å². The van der Waals surface area contributed by atoms with E-state index < -0.39 is 0 Å². The van der Waals surface area contributed by atoms with Crippen LogP contribution >= 0.6 is 0 Å². The van der Waals surface area contributed by atoms with Crippen LogP contribution in [-0.2, 0) is 0 Å². The largest absolute Gasteiger partial charge is 0.394 e. The standard InChI is InChI=1S/C14H24N4/c1-8(2)18-14(12(15)9(3)17-18)16-13(10-4-5-10)11-6-7-11/h8,10-11,13,16H,4-7,15H2,1-3H3. The second kappa shape index (κ2) is 4.18. The summed E-state index contributed by atoms with van der Waals surface area (Å²) in [6.45, 7) is 6.29. The van der Waals surface area contributed by atoms with Crippen LogP contribution in [0.2, 0.25) is 0 Å². The van der Waals surface area contributed by atoms with Crippen LogP contribution in [0.4, 0.5) is 11.5 Å². The smallest absolute Gasteiger partial charge is 0.148 e. The normalized spacial score (nSPS) is 19.8. The number of hydrogen-bond donors (Lipinski definition) is 2. The van der Waals surface area contributed by atoms with E-state index >= 15 is 0 Å². The molecule has 1 aromatic heterocycles. The number of nitrogen functional groups attached to an aromatic ring is 1. The number of rotatable bonds is 5. The van der Waals surface area contributed by atoms with E-state index in [1.165, 1.54) is 25.7 Å². The van der Waals surface area contributed by atoms with Gasteiger partial charge >= 0.3 is 0 Å². The van der Waals surface area contributed by atoms with Gasteiger partial charge in [0, 0.05) is 12.1 Å². The van der Waals surface area contributed by atoms with Crippen LogP contribution in [0.1, 0.15) is 51.3 Å². The Kier molecular flexibility index (Phi) is 2.76. The fourth-order valence-corrected chi connectivity index (χ4v) is 2.77. The molecular weight excluding hydrogens is 224 g/mol. The summed E-state index contributed by atoms with van der Waals surface area (Å²) in [7, 11) is 0. The van der Waals surface area contributed by atoms with E-state index in [1.807, 2.05) is 11.6 Å². The molecule has 4 nitrogen and oxygen atoms in total. The Morgan fingerprint density at radius 2 is 1.78 bits per heavy atom. The fraction of sp³-hybridized carbons (Fsp3) is 0.786. The molecule has 2 fully saturated rings. The summed E-state index contributed by atoms with van der Waals surface area (Å²) in [5.74, 6) is 2.78. The Morgan fingerprint density at radius 1 is 1.22 bits per heavy atom. The van der Waals surface area contributed by atoms with Crippen molar-refractivity contribution in [3.8, 4) is 0 Å². The zero-order valence-electron chi connectivity index (χ0n) is 11.6. The molecule has 1 aromatic rings. The first kappa shape index (κ1) is 11.9. The molecule has 0 saturated heterocycles. The summed E-state index contributed by atoms with van der Waals surface area (Å²) in [6, 6.07) is 0.975. The lowest BCUT2D eigenvalue weighted by Crippen LogP contribution is -2.26. The molecule has 2 saturated carbocycles. The number of nitrogens with one attached hydrogen (secondary N) is 1. The van der Waals surface area contributed by atoms with Crippen LogP contribution in [0.15, 0.2) is 0 Å². The molecule has 2 aliphatic carbocycles. The Balaban J connectivity index is 1.85. The number of nitrogens with zero attached hydrogens (tertiary/aromatic N) is 2. The third-order valence-electron chi connectivity index (χ3n) is 4.18. The summed E-state index contributed by atoms with van der Waals surface area (Å²) >= 11 is 0. The van der Waals surface area contributed by atoms with Gasteiger partial charge in [0.25, 0.3) is 0 Å². The molecule has 0 aliphatic heterocycles. The van der Waals surface area contributed by atoms with Crippen molar-refractivity contribution >= 4 is 11.5 Å². The predicted octanol–water partition coefficient (Wildman–Crippen LogP) is 2.96. The van der Waals surface area contributed by atoms with Crippen molar-refractivity contribution in [3.63, 3.8) is 0 Å². The van der Waals surface area contributed by atoms with Crippen molar-refractivity contribution in [1.82, 2.24) is 9.78 Å². The van der Waals surface area contributed by atoms with Gasteiger partial charge in [-0.2, -0.15) is 5.10 Å². The monoisotopic (exact) mass is 248 g/mol. The molecule has 1 heterocycles. The van der Waals surface area contributed by atoms with Crippen LogP contribution in [0, 0.1) is 18.8 Å². The Labute approximate surface area is 109 Å². The average Bonchev–Trinajstić information content (AvgIpc) is 3.20. The minimum absolute atomic E-state index is 0.350. The summed E-state index contributed by atoms with van der Waals surface area (Å²) in [6.07, 6.45) is 5.51. The van der Waals surface area contributed by atoms with Gasteiger partial charge in [-0.1, -0.05) is 0 Å². The molecule has 0 radical (unpaired) electrons. The minimum atomic E-state index is 0.350. The molecule has 3 rings (SSSR count). The van der Waals surface area contributed by atoms with Gasteiger partial charge in [-0.25, -0.2) is 4.68 Å². The number of aromatic nitrogens is 2. The summed E-state index contributed by atoms with van der Waals surface area (Å²) in [5, 5.41) is 8.27. The maximum absolute atomic E-state index is 6.18. The molecule has 0 aromatic carbocycles. The Morgan fingerprint density at radius 3 is 2.22 bits per heavy atom. The van der Waals surface area contributed by atoms with Gasteiger partial charge in [0.2, 0.25) is 0 Å². The lowest BCUT2D eigenvalue weighted by atomic mass is 10.1. The van der Waals surface area contributed by atoms with E-state index in [0.29, 0.717) is 12.1 Å². The van der Waals surface area contributed by atoms with Crippen molar-refractivity contribution in [2.75, 3.05) is 11.1 Å².